The van der Waals surface area contributed by atoms with E-state index in [2.05, 4.69) is 21.2 Å². The van der Waals surface area contributed by atoms with Gasteiger partial charge >= 0.3 is 0 Å². The van der Waals surface area contributed by atoms with Gasteiger partial charge in [0, 0.05) is 16.6 Å². The van der Waals surface area contributed by atoms with E-state index in [1.807, 2.05) is 0 Å². The molecule has 0 saturated heterocycles. The van der Waals surface area contributed by atoms with Crippen molar-refractivity contribution in [2.75, 3.05) is 0 Å². The van der Waals surface area contributed by atoms with Crippen molar-refractivity contribution in [3.8, 4) is 0 Å². The van der Waals surface area contributed by atoms with Gasteiger partial charge in [0.05, 0.1) is 10.6 Å². The molecule has 0 fully saturated rings. The van der Waals surface area contributed by atoms with Crippen molar-refractivity contribution < 1.29 is 9.18 Å². The van der Waals surface area contributed by atoms with Crippen LogP contribution in [0.1, 0.15) is 15.9 Å². The highest BCUT2D eigenvalue weighted by Gasteiger charge is 2.10. The van der Waals surface area contributed by atoms with Crippen LogP contribution in [0.25, 0.3) is 0 Å². The summed E-state index contributed by atoms with van der Waals surface area (Å²) in [5.74, 6) is -0.687. The van der Waals surface area contributed by atoms with Crippen LogP contribution in [-0.2, 0) is 6.54 Å². The lowest BCUT2D eigenvalue weighted by Crippen LogP contribution is -2.23. The Bertz CT molecular complexity index is 618. The van der Waals surface area contributed by atoms with Crippen molar-refractivity contribution >= 4 is 33.4 Å². The Morgan fingerprint density at radius 1 is 1.26 bits per heavy atom. The van der Waals surface area contributed by atoms with Gasteiger partial charge in [-0.25, -0.2) is 4.39 Å². The first kappa shape index (κ1) is 14.0. The fourth-order valence-corrected chi connectivity index (χ4v) is 2.22. The predicted molar refractivity (Wildman–Crippen MR) is 76.7 cm³/mol. The van der Waals surface area contributed by atoms with Gasteiger partial charge in [0.2, 0.25) is 0 Å². The van der Waals surface area contributed by atoms with E-state index in [-0.39, 0.29) is 18.3 Å². The molecule has 1 N–H and O–H groups in total. The number of halogens is 3. The van der Waals surface area contributed by atoms with Gasteiger partial charge in [0.15, 0.2) is 0 Å². The lowest BCUT2D eigenvalue weighted by molar-refractivity contribution is 0.0951. The van der Waals surface area contributed by atoms with Crippen molar-refractivity contribution in [2.24, 2.45) is 0 Å². The van der Waals surface area contributed by atoms with Crippen LogP contribution in [0.3, 0.4) is 0 Å². The van der Waals surface area contributed by atoms with Gasteiger partial charge in [0.25, 0.3) is 5.91 Å². The van der Waals surface area contributed by atoms with E-state index in [1.165, 1.54) is 6.07 Å². The number of nitrogens with one attached hydrogen (secondary N) is 1. The van der Waals surface area contributed by atoms with Gasteiger partial charge in [0.1, 0.15) is 5.82 Å². The molecule has 0 unspecified atom stereocenters. The Hall–Kier alpha value is -1.39. The Morgan fingerprint density at radius 2 is 2.00 bits per heavy atom. The zero-order valence-corrected chi connectivity index (χ0v) is 12.1. The van der Waals surface area contributed by atoms with Crippen molar-refractivity contribution in [1.82, 2.24) is 5.32 Å². The van der Waals surface area contributed by atoms with Crippen molar-refractivity contribution in [1.29, 1.82) is 0 Å². The Balaban J connectivity index is 2.09. The summed E-state index contributed by atoms with van der Waals surface area (Å²) in [7, 11) is 0. The Labute approximate surface area is 123 Å². The molecule has 2 nitrogen and oxygen atoms in total. The monoisotopic (exact) mass is 341 g/mol. The fourth-order valence-electron chi connectivity index (χ4n) is 1.59. The molecule has 0 spiro atoms. The van der Waals surface area contributed by atoms with Crippen LogP contribution >= 0.6 is 27.5 Å². The average Bonchev–Trinajstić information content (AvgIpc) is 2.40. The molecule has 0 saturated carbocycles. The van der Waals surface area contributed by atoms with Gasteiger partial charge in [-0.2, -0.15) is 0 Å². The largest absolute Gasteiger partial charge is 0.348 e. The number of carbonyl (C=O) groups is 1. The molecule has 0 heterocycles. The molecule has 0 atom stereocenters. The summed E-state index contributed by atoms with van der Waals surface area (Å²) < 4.78 is 14.3. The lowest BCUT2D eigenvalue weighted by atomic mass is 10.2. The number of rotatable bonds is 3. The van der Waals surface area contributed by atoms with E-state index in [4.69, 9.17) is 11.6 Å². The Kier molecular flexibility index (Phi) is 4.56. The summed E-state index contributed by atoms with van der Waals surface area (Å²) in [4.78, 5) is 11.9. The first-order valence-electron chi connectivity index (χ1n) is 5.54. The fraction of sp³-hybridized carbons (Fsp3) is 0.0714. The average molecular weight is 343 g/mol. The summed E-state index contributed by atoms with van der Waals surface area (Å²) in [6.07, 6.45) is 0. The number of hydrogen-bond donors (Lipinski definition) is 1. The summed E-state index contributed by atoms with van der Waals surface area (Å²) >= 11 is 9.17. The smallest absolute Gasteiger partial charge is 0.253 e. The molecule has 2 rings (SSSR count). The molecule has 1 amide bonds. The standard InChI is InChI=1S/C14H10BrClFNO/c15-10-5-6-13(17)9(7-10)8-18-14(19)11-3-1-2-4-12(11)16/h1-7H,8H2,(H,18,19). The second kappa shape index (κ2) is 6.17. The van der Waals surface area contributed by atoms with Gasteiger partial charge in [-0.15, -0.1) is 0 Å². The molecule has 2 aromatic rings. The van der Waals surface area contributed by atoms with E-state index in [9.17, 15) is 9.18 Å². The van der Waals surface area contributed by atoms with Crippen LogP contribution in [0.5, 0.6) is 0 Å². The summed E-state index contributed by atoms with van der Waals surface area (Å²) in [5, 5.41) is 3.01. The molecule has 0 bridgehead atoms. The Morgan fingerprint density at radius 3 is 2.74 bits per heavy atom. The predicted octanol–water partition coefficient (Wildman–Crippen LogP) is 4.17. The maximum atomic E-state index is 13.5. The highest BCUT2D eigenvalue weighted by atomic mass is 79.9. The van der Waals surface area contributed by atoms with Crippen LogP contribution in [0.2, 0.25) is 5.02 Å². The molecule has 5 heteroatoms. The second-order valence-electron chi connectivity index (χ2n) is 3.90. The van der Waals surface area contributed by atoms with Gasteiger partial charge < -0.3 is 5.32 Å². The number of carbonyl (C=O) groups excluding carboxylic acids is 1. The quantitative estimate of drug-likeness (QED) is 0.891. The molecule has 98 valence electrons. The first-order valence-corrected chi connectivity index (χ1v) is 6.71. The lowest BCUT2D eigenvalue weighted by Gasteiger charge is -2.08. The summed E-state index contributed by atoms with van der Waals surface area (Å²) in [6, 6.07) is 11.3. The molecule has 2 aromatic carbocycles. The molecule has 0 aromatic heterocycles. The van der Waals surface area contributed by atoms with Crippen LogP contribution in [0.4, 0.5) is 4.39 Å². The topological polar surface area (TPSA) is 29.1 Å². The van der Waals surface area contributed by atoms with E-state index >= 15 is 0 Å². The SMILES string of the molecule is O=C(NCc1cc(Br)ccc1F)c1ccccc1Cl. The highest BCUT2D eigenvalue weighted by Crippen LogP contribution is 2.17. The number of hydrogen-bond acceptors (Lipinski definition) is 1. The molecule has 0 radical (unpaired) electrons. The zero-order valence-electron chi connectivity index (χ0n) is 9.79. The van der Waals surface area contributed by atoms with Crippen molar-refractivity contribution in [2.45, 2.75) is 6.54 Å². The second-order valence-corrected chi connectivity index (χ2v) is 5.22. The zero-order chi connectivity index (χ0) is 13.8. The minimum absolute atomic E-state index is 0.106. The minimum Gasteiger partial charge on any atom is -0.348 e. The maximum absolute atomic E-state index is 13.5. The third kappa shape index (κ3) is 3.55. The van der Waals surface area contributed by atoms with Crippen LogP contribution in [0.15, 0.2) is 46.9 Å². The van der Waals surface area contributed by atoms with Gasteiger partial charge in [-0.1, -0.05) is 39.7 Å². The van der Waals surface area contributed by atoms with Crippen LogP contribution < -0.4 is 5.32 Å². The van der Waals surface area contributed by atoms with Crippen LogP contribution in [-0.4, -0.2) is 5.91 Å². The molecule has 0 aliphatic heterocycles. The first-order chi connectivity index (χ1) is 9.08. The summed E-state index contributed by atoms with van der Waals surface area (Å²) in [6.45, 7) is 0.106. The van der Waals surface area contributed by atoms with Gasteiger partial charge in [-0.3, -0.25) is 4.79 Å². The molecular weight excluding hydrogens is 333 g/mol. The van der Waals surface area contributed by atoms with Crippen molar-refractivity contribution in [3.63, 3.8) is 0 Å². The third-order valence-electron chi connectivity index (χ3n) is 2.57. The molecular formula is C14H10BrClFNO. The van der Waals surface area contributed by atoms with E-state index in [0.29, 0.717) is 16.1 Å². The van der Waals surface area contributed by atoms with E-state index in [0.717, 1.165) is 4.47 Å². The van der Waals surface area contributed by atoms with Crippen LogP contribution in [0, 0.1) is 5.82 Å². The minimum atomic E-state index is -0.359. The number of benzene rings is 2. The highest BCUT2D eigenvalue weighted by molar-refractivity contribution is 9.10. The molecule has 19 heavy (non-hydrogen) atoms. The van der Waals surface area contributed by atoms with Crippen molar-refractivity contribution in [3.05, 3.63) is 68.9 Å². The van der Waals surface area contributed by atoms with E-state index < -0.39 is 0 Å². The third-order valence-corrected chi connectivity index (χ3v) is 3.39. The van der Waals surface area contributed by atoms with Gasteiger partial charge in [-0.05, 0) is 30.3 Å². The normalized spacial score (nSPS) is 10.3. The summed E-state index contributed by atoms with van der Waals surface area (Å²) in [5.41, 5.74) is 0.786. The number of amides is 1. The maximum Gasteiger partial charge on any atom is 0.253 e. The molecule has 0 aliphatic rings. The van der Waals surface area contributed by atoms with E-state index in [1.54, 1.807) is 36.4 Å². The molecule has 0 aliphatic carbocycles.